The van der Waals surface area contributed by atoms with Gasteiger partial charge < -0.3 is 14.2 Å². The second kappa shape index (κ2) is 8.68. The summed E-state index contributed by atoms with van der Waals surface area (Å²) in [5, 5.41) is 0. The molecule has 3 rings (SSSR count). The number of carbonyl (C=O) groups is 3. The number of esters is 3. The minimum atomic E-state index is -1.60. The molecule has 0 radical (unpaired) electrons. The van der Waals surface area contributed by atoms with Crippen molar-refractivity contribution in [3.05, 3.63) is 0 Å². The zero-order valence-corrected chi connectivity index (χ0v) is 14.7. The molecule has 0 N–H and O–H groups in total. The predicted octanol–water partition coefficient (Wildman–Crippen LogP) is 3.06. The van der Waals surface area contributed by atoms with Gasteiger partial charge in [0, 0.05) is 0 Å². The second-order valence-electron chi connectivity index (χ2n) is 7.46. The van der Waals surface area contributed by atoms with Crippen LogP contribution in [0.1, 0.15) is 77.0 Å². The van der Waals surface area contributed by atoms with E-state index in [9.17, 15) is 14.4 Å². The number of ether oxygens (including phenoxy) is 3. The minimum Gasteiger partial charge on any atom is -0.461 e. The highest BCUT2D eigenvalue weighted by molar-refractivity contribution is 6.12. The summed E-state index contributed by atoms with van der Waals surface area (Å²) in [7, 11) is 0. The highest BCUT2D eigenvalue weighted by atomic mass is 16.6. The monoisotopic (exact) mass is 352 g/mol. The fourth-order valence-corrected chi connectivity index (χ4v) is 4.00. The number of carbonyl (C=O) groups excluding carboxylic acids is 3. The van der Waals surface area contributed by atoms with Gasteiger partial charge in [-0.05, 0) is 77.0 Å². The van der Waals surface area contributed by atoms with Crippen molar-refractivity contribution in [2.45, 2.75) is 95.4 Å². The molecule has 0 aliphatic heterocycles. The second-order valence-corrected chi connectivity index (χ2v) is 7.46. The molecule has 0 unspecified atom stereocenters. The van der Waals surface area contributed by atoms with E-state index in [2.05, 4.69) is 0 Å². The van der Waals surface area contributed by atoms with Crippen LogP contribution >= 0.6 is 0 Å². The topological polar surface area (TPSA) is 78.9 Å². The Kier molecular flexibility index (Phi) is 6.32. The zero-order chi connectivity index (χ0) is 17.6. The van der Waals surface area contributed by atoms with E-state index in [1.165, 1.54) is 0 Å². The molecule has 3 aliphatic carbocycles. The van der Waals surface area contributed by atoms with Gasteiger partial charge in [-0.15, -0.1) is 0 Å². The molecule has 0 atom stereocenters. The van der Waals surface area contributed by atoms with Crippen LogP contribution in [0.15, 0.2) is 0 Å². The van der Waals surface area contributed by atoms with E-state index in [0.717, 1.165) is 77.0 Å². The Labute approximate surface area is 148 Å². The van der Waals surface area contributed by atoms with Gasteiger partial charge >= 0.3 is 17.9 Å². The summed E-state index contributed by atoms with van der Waals surface area (Å²) in [5.74, 6) is -4.02. The van der Waals surface area contributed by atoms with Gasteiger partial charge in [0.15, 0.2) is 0 Å². The van der Waals surface area contributed by atoms with Crippen LogP contribution in [-0.4, -0.2) is 36.2 Å². The molecule has 6 nitrogen and oxygen atoms in total. The summed E-state index contributed by atoms with van der Waals surface area (Å²) >= 11 is 0. The van der Waals surface area contributed by atoms with Gasteiger partial charge in [0.1, 0.15) is 18.3 Å². The Balaban J connectivity index is 1.63. The molecule has 0 bridgehead atoms. The van der Waals surface area contributed by atoms with E-state index in [0.29, 0.717) is 0 Å². The average molecular weight is 352 g/mol. The number of rotatable bonds is 6. The van der Waals surface area contributed by atoms with E-state index in [-0.39, 0.29) is 18.3 Å². The Bertz CT molecular complexity index is 413. The molecule has 140 valence electrons. The van der Waals surface area contributed by atoms with Gasteiger partial charge in [-0.25, -0.2) is 0 Å². The molecule has 0 amide bonds. The first-order valence-corrected chi connectivity index (χ1v) is 9.75. The van der Waals surface area contributed by atoms with E-state index in [4.69, 9.17) is 14.2 Å². The summed E-state index contributed by atoms with van der Waals surface area (Å²) < 4.78 is 16.2. The van der Waals surface area contributed by atoms with Crippen LogP contribution in [0.25, 0.3) is 0 Å². The van der Waals surface area contributed by atoms with Crippen LogP contribution in [0.2, 0.25) is 0 Å². The van der Waals surface area contributed by atoms with Crippen LogP contribution < -0.4 is 0 Å². The lowest BCUT2D eigenvalue weighted by Gasteiger charge is -2.21. The maximum absolute atomic E-state index is 12.5. The summed E-state index contributed by atoms with van der Waals surface area (Å²) in [5.41, 5.74) is 0. The van der Waals surface area contributed by atoms with Crippen LogP contribution in [0.3, 0.4) is 0 Å². The highest BCUT2D eigenvalue weighted by Gasteiger charge is 2.42. The standard InChI is InChI=1S/C19H28O6/c20-17(23-13-7-1-2-8-13)16(18(21)24-14-9-3-4-10-14)19(22)25-15-11-5-6-12-15/h13-16H,1-12H2. The van der Waals surface area contributed by atoms with Crippen LogP contribution in [0.5, 0.6) is 0 Å². The van der Waals surface area contributed by atoms with Crippen LogP contribution in [0, 0.1) is 5.92 Å². The molecule has 3 fully saturated rings. The Morgan fingerprint density at radius 2 is 0.760 bits per heavy atom. The van der Waals surface area contributed by atoms with E-state index >= 15 is 0 Å². The van der Waals surface area contributed by atoms with Gasteiger partial charge in [0.05, 0.1) is 0 Å². The molecule has 0 aromatic heterocycles. The Hall–Kier alpha value is -1.59. The smallest absolute Gasteiger partial charge is 0.332 e. The first-order chi connectivity index (χ1) is 12.1. The van der Waals surface area contributed by atoms with Crippen molar-refractivity contribution < 1.29 is 28.6 Å². The molecule has 6 heteroatoms. The third-order valence-electron chi connectivity index (χ3n) is 5.46. The fraction of sp³-hybridized carbons (Fsp3) is 0.842. The molecular formula is C19H28O6. The number of hydrogen-bond acceptors (Lipinski definition) is 6. The summed E-state index contributed by atoms with van der Waals surface area (Å²) in [6.45, 7) is 0. The SMILES string of the molecule is O=C(OC1CCCC1)C(C(=O)OC1CCCC1)C(=O)OC1CCCC1. The van der Waals surface area contributed by atoms with Crippen molar-refractivity contribution >= 4 is 17.9 Å². The summed E-state index contributed by atoms with van der Waals surface area (Å²) in [6.07, 6.45) is 10.1. The lowest BCUT2D eigenvalue weighted by Crippen LogP contribution is -2.39. The van der Waals surface area contributed by atoms with Crippen molar-refractivity contribution in [2.75, 3.05) is 0 Å². The molecule has 0 aromatic rings. The molecule has 3 aliphatic rings. The fourth-order valence-electron chi connectivity index (χ4n) is 4.00. The highest BCUT2D eigenvalue weighted by Crippen LogP contribution is 2.27. The lowest BCUT2D eigenvalue weighted by atomic mass is 10.1. The lowest BCUT2D eigenvalue weighted by molar-refractivity contribution is -0.178. The number of hydrogen-bond donors (Lipinski definition) is 0. The summed E-state index contributed by atoms with van der Waals surface area (Å²) in [4.78, 5) is 37.5. The van der Waals surface area contributed by atoms with Gasteiger partial charge in [0.2, 0.25) is 0 Å². The maximum atomic E-state index is 12.5. The third kappa shape index (κ3) is 4.95. The summed E-state index contributed by atoms with van der Waals surface area (Å²) in [6, 6.07) is 0. The Morgan fingerprint density at radius 1 is 0.520 bits per heavy atom. The van der Waals surface area contributed by atoms with Crippen LogP contribution in [0.4, 0.5) is 0 Å². The Morgan fingerprint density at radius 3 is 1.00 bits per heavy atom. The van der Waals surface area contributed by atoms with Gasteiger partial charge in [-0.2, -0.15) is 0 Å². The molecule has 0 saturated heterocycles. The average Bonchev–Trinajstić information content (AvgIpc) is 3.30. The maximum Gasteiger partial charge on any atom is 0.332 e. The van der Waals surface area contributed by atoms with E-state index in [1.807, 2.05) is 0 Å². The van der Waals surface area contributed by atoms with E-state index < -0.39 is 23.8 Å². The van der Waals surface area contributed by atoms with Crippen LogP contribution in [-0.2, 0) is 28.6 Å². The molecule has 3 saturated carbocycles. The molecule has 0 aromatic carbocycles. The van der Waals surface area contributed by atoms with Gasteiger partial charge in [-0.3, -0.25) is 14.4 Å². The molecule has 0 spiro atoms. The minimum absolute atomic E-state index is 0.200. The van der Waals surface area contributed by atoms with E-state index in [1.54, 1.807) is 0 Å². The van der Waals surface area contributed by atoms with Crippen molar-refractivity contribution in [1.82, 2.24) is 0 Å². The first-order valence-electron chi connectivity index (χ1n) is 9.75. The predicted molar refractivity (Wildman–Crippen MR) is 88.5 cm³/mol. The van der Waals surface area contributed by atoms with Crippen molar-refractivity contribution in [2.24, 2.45) is 5.92 Å². The quantitative estimate of drug-likeness (QED) is 0.415. The zero-order valence-electron chi connectivity index (χ0n) is 14.7. The van der Waals surface area contributed by atoms with Gasteiger partial charge in [0.25, 0.3) is 5.92 Å². The van der Waals surface area contributed by atoms with Crippen molar-refractivity contribution in [3.63, 3.8) is 0 Å². The molecule has 0 heterocycles. The molecular weight excluding hydrogens is 324 g/mol. The van der Waals surface area contributed by atoms with Crippen molar-refractivity contribution in [1.29, 1.82) is 0 Å². The normalized spacial score (nSPS) is 22.4. The van der Waals surface area contributed by atoms with Crippen molar-refractivity contribution in [3.8, 4) is 0 Å². The third-order valence-corrected chi connectivity index (χ3v) is 5.46. The largest absolute Gasteiger partial charge is 0.461 e. The molecule has 25 heavy (non-hydrogen) atoms. The first kappa shape index (κ1) is 18.2. The van der Waals surface area contributed by atoms with Gasteiger partial charge in [-0.1, -0.05) is 0 Å².